The maximum atomic E-state index is 11.1. The maximum absolute atomic E-state index is 11.1. The Morgan fingerprint density at radius 3 is 2.58 bits per heavy atom. The first-order chi connectivity index (χ1) is 5.65. The highest BCUT2D eigenvalue weighted by Crippen LogP contribution is 2.32. The van der Waals surface area contributed by atoms with Crippen LogP contribution in [0.2, 0.25) is 0 Å². The quantitative estimate of drug-likeness (QED) is 0.653. The molecule has 0 saturated heterocycles. The smallest absolute Gasteiger partial charge is 0.317 e. The summed E-state index contributed by atoms with van der Waals surface area (Å²) in [5.74, 6) is 0.388. The number of nitrogens with zero attached hydrogens (tertiary/aromatic N) is 2. The number of rotatable bonds is 2. The zero-order chi connectivity index (χ0) is 9.14. The number of hydrogen-bond acceptors (Lipinski definition) is 2. The molecule has 0 aromatic rings. The summed E-state index contributed by atoms with van der Waals surface area (Å²) < 4.78 is 0. The largest absolute Gasteiger partial charge is 0.331 e. The Hall–Kier alpha value is -1.24. The summed E-state index contributed by atoms with van der Waals surface area (Å²) in [6, 6.07) is 1.61. The van der Waals surface area contributed by atoms with Gasteiger partial charge in [0.15, 0.2) is 0 Å². The average Bonchev–Trinajstić information content (AvgIpc) is 2.82. The van der Waals surface area contributed by atoms with Crippen molar-refractivity contribution in [1.82, 2.24) is 10.2 Å². The number of nitriles is 1. The fourth-order valence-electron chi connectivity index (χ4n) is 0.947. The minimum atomic E-state index is -0.292. The van der Waals surface area contributed by atoms with Crippen LogP contribution in [0, 0.1) is 17.2 Å². The van der Waals surface area contributed by atoms with E-state index in [1.807, 2.05) is 0 Å². The molecule has 0 aliphatic heterocycles. The van der Waals surface area contributed by atoms with Crippen LogP contribution < -0.4 is 5.32 Å². The highest BCUT2D eigenvalue weighted by Gasteiger charge is 2.32. The zero-order valence-electron chi connectivity index (χ0n) is 7.37. The van der Waals surface area contributed by atoms with E-state index < -0.39 is 0 Å². The van der Waals surface area contributed by atoms with Gasteiger partial charge in [-0.3, -0.25) is 0 Å². The molecule has 1 fully saturated rings. The molecule has 1 rings (SSSR count). The average molecular weight is 167 g/mol. The number of nitrogens with one attached hydrogen (secondary N) is 1. The summed E-state index contributed by atoms with van der Waals surface area (Å²) in [7, 11) is 3.33. The summed E-state index contributed by atoms with van der Waals surface area (Å²) in [4.78, 5) is 12.5. The van der Waals surface area contributed by atoms with Crippen LogP contribution in [0.5, 0.6) is 0 Å². The first-order valence-electron chi connectivity index (χ1n) is 4.02. The standard InChI is InChI=1S/C8H13N3O/c1-11(2)8(12)10-7(5-9)6-3-4-6/h6-7H,3-4H2,1-2H3,(H,10,12). The fraction of sp³-hybridized carbons (Fsp3) is 0.750. The van der Waals surface area contributed by atoms with Crippen LogP contribution in [0.25, 0.3) is 0 Å². The van der Waals surface area contributed by atoms with Crippen LogP contribution in [0.1, 0.15) is 12.8 Å². The molecule has 66 valence electrons. The lowest BCUT2D eigenvalue weighted by molar-refractivity contribution is 0.214. The molecule has 4 heteroatoms. The predicted octanol–water partition coefficient (Wildman–Crippen LogP) is 0.560. The Labute approximate surface area is 72.2 Å². The lowest BCUT2D eigenvalue weighted by Crippen LogP contribution is -2.41. The van der Waals surface area contributed by atoms with E-state index in [0.29, 0.717) is 5.92 Å². The summed E-state index contributed by atoms with van der Waals surface area (Å²) in [6.07, 6.45) is 2.12. The number of carbonyl (C=O) groups excluding carboxylic acids is 1. The van der Waals surface area contributed by atoms with Gasteiger partial charge in [-0.05, 0) is 18.8 Å². The van der Waals surface area contributed by atoms with Gasteiger partial charge in [-0.15, -0.1) is 0 Å². The van der Waals surface area contributed by atoms with Crippen molar-refractivity contribution in [2.75, 3.05) is 14.1 Å². The van der Waals surface area contributed by atoms with E-state index in [0.717, 1.165) is 12.8 Å². The highest BCUT2D eigenvalue weighted by molar-refractivity contribution is 5.74. The van der Waals surface area contributed by atoms with Gasteiger partial charge in [-0.2, -0.15) is 5.26 Å². The van der Waals surface area contributed by atoms with Crippen LogP contribution >= 0.6 is 0 Å². The number of hydrogen-bond donors (Lipinski definition) is 1. The third-order valence-corrected chi connectivity index (χ3v) is 1.92. The number of carbonyl (C=O) groups is 1. The molecule has 0 aromatic heterocycles. The predicted molar refractivity (Wildman–Crippen MR) is 44.3 cm³/mol. The Morgan fingerprint density at radius 1 is 1.67 bits per heavy atom. The molecule has 12 heavy (non-hydrogen) atoms. The molecule has 0 spiro atoms. The Bertz CT molecular complexity index is 215. The minimum absolute atomic E-state index is 0.187. The number of urea groups is 1. The van der Waals surface area contributed by atoms with Crippen molar-refractivity contribution in [3.05, 3.63) is 0 Å². The van der Waals surface area contributed by atoms with Crippen molar-refractivity contribution >= 4 is 6.03 Å². The van der Waals surface area contributed by atoms with Gasteiger partial charge in [0.25, 0.3) is 0 Å². The molecule has 1 aliphatic carbocycles. The third-order valence-electron chi connectivity index (χ3n) is 1.92. The van der Waals surface area contributed by atoms with Crippen LogP contribution in [-0.4, -0.2) is 31.1 Å². The molecular weight excluding hydrogens is 154 g/mol. The third kappa shape index (κ3) is 2.12. The Balaban J connectivity index is 2.37. The normalized spacial score (nSPS) is 17.8. The lowest BCUT2D eigenvalue weighted by Gasteiger charge is -2.15. The topological polar surface area (TPSA) is 56.1 Å². The SMILES string of the molecule is CN(C)C(=O)NC(C#N)C1CC1. The lowest BCUT2D eigenvalue weighted by atomic mass is 10.2. The molecule has 0 heterocycles. The van der Waals surface area contributed by atoms with Gasteiger partial charge < -0.3 is 10.2 Å². The first kappa shape index (κ1) is 8.85. The minimum Gasteiger partial charge on any atom is -0.331 e. The van der Waals surface area contributed by atoms with E-state index >= 15 is 0 Å². The second-order valence-electron chi connectivity index (χ2n) is 3.29. The monoisotopic (exact) mass is 167 g/mol. The van der Waals surface area contributed by atoms with Crippen molar-refractivity contribution in [3.63, 3.8) is 0 Å². The molecule has 1 unspecified atom stereocenters. The van der Waals surface area contributed by atoms with E-state index in [9.17, 15) is 4.79 Å². The molecule has 0 aromatic carbocycles. The van der Waals surface area contributed by atoms with Crippen LogP contribution in [-0.2, 0) is 0 Å². The molecule has 2 amide bonds. The van der Waals surface area contributed by atoms with Gasteiger partial charge in [0, 0.05) is 14.1 Å². The molecule has 1 N–H and O–H groups in total. The van der Waals surface area contributed by atoms with Gasteiger partial charge in [0.1, 0.15) is 6.04 Å². The molecule has 4 nitrogen and oxygen atoms in total. The molecule has 1 saturated carbocycles. The van der Waals surface area contributed by atoms with E-state index in [4.69, 9.17) is 5.26 Å². The van der Waals surface area contributed by atoms with Crippen LogP contribution in [0.4, 0.5) is 4.79 Å². The molecule has 0 radical (unpaired) electrons. The first-order valence-corrected chi connectivity index (χ1v) is 4.02. The van der Waals surface area contributed by atoms with E-state index in [2.05, 4.69) is 11.4 Å². The summed E-state index contributed by atoms with van der Waals surface area (Å²) in [6.45, 7) is 0. The van der Waals surface area contributed by atoms with Gasteiger partial charge in [-0.1, -0.05) is 0 Å². The van der Waals surface area contributed by atoms with Crippen molar-refractivity contribution in [1.29, 1.82) is 5.26 Å². The van der Waals surface area contributed by atoms with Crippen LogP contribution in [0.15, 0.2) is 0 Å². The summed E-state index contributed by atoms with van der Waals surface area (Å²) in [5, 5.41) is 11.3. The van der Waals surface area contributed by atoms with Crippen molar-refractivity contribution in [2.24, 2.45) is 5.92 Å². The Kier molecular flexibility index (Phi) is 2.54. The maximum Gasteiger partial charge on any atom is 0.317 e. The molecule has 0 bridgehead atoms. The van der Waals surface area contributed by atoms with Crippen molar-refractivity contribution in [2.45, 2.75) is 18.9 Å². The van der Waals surface area contributed by atoms with Gasteiger partial charge in [0.05, 0.1) is 6.07 Å². The number of amides is 2. The second kappa shape index (κ2) is 3.44. The summed E-state index contributed by atoms with van der Waals surface area (Å²) in [5.41, 5.74) is 0. The summed E-state index contributed by atoms with van der Waals surface area (Å²) >= 11 is 0. The zero-order valence-corrected chi connectivity index (χ0v) is 7.37. The van der Waals surface area contributed by atoms with Crippen molar-refractivity contribution in [3.8, 4) is 6.07 Å². The highest BCUT2D eigenvalue weighted by atomic mass is 16.2. The Morgan fingerprint density at radius 2 is 2.25 bits per heavy atom. The van der Waals surface area contributed by atoms with Crippen LogP contribution in [0.3, 0.4) is 0 Å². The van der Waals surface area contributed by atoms with Gasteiger partial charge in [-0.25, -0.2) is 4.79 Å². The van der Waals surface area contributed by atoms with Gasteiger partial charge >= 0.3 is 6.03 Å². The molecule has 1 atom stereocenters. The molecule has 1 aliphatic rings. The fourth-order valence-corrected chi connectivity index (χ4v) is 0.947. The second-order valence-corrected chi connectivity index (χ2v) is 3.29. The van der Waals surface area contributed by atoms with Gasteiger partial charge in [0.2, 0.25) is 0 Å². The van der Waals surface area contributed by atoms with E-state index in [1.165, 1.54) is 4.90 Å². The molecular formula is C8H13N3O. The van der Waals surface area contributed by atoms with E-state index in [1.54, 1.807) is 14.1 Å². The van der Waals surface area contributed by atoms with Crippen molar-refractivity contribution < 1.29 is 4.79 Å². The van der Waals surface area contributed by atoms with E-state index in [-0.39, 0.29) is 12.1 Å².